The lowest BCUT2D eigenvalue weighted by Gasteiger charge is -2.52. The van der Waals surface area contributed by atoms with Crippen LogP contribution in [0, 0.1) is 23.2 Å². The number of rotatable bonds is 8. The highest BCUT2D eigenvalue weighted by Gasteiger charge is 2.59. The van der Waals surface area contributed by atoms with Gasteiger partial charge in [-0.3, -0.25) is 4.79 Å². The molecule has 316 valence electrons. The average Bonchev–Trinajstić information content (AvgIpc) is 3.67. The van der Waals surface area contributed by atoms with Gasteiger partial charge < -0.3 is 67.4 Å². The monoisotopic (exact) mass is 794 g/mol. The number of esters is 1. The third-order valence-corrected chi connectivity index (χ3v) is 14.2. The van der Waals surface area contributed by atoms with Crippen LogP contribution in [0.4, 0.5) is 0 Å². The van der Waals surface area contributed by atoms with E-state index in [-0.39, 0.29) is 36.2 Å². The molecule has 6 heterocycles. The van der Waals surface area contributed by atoms with E-state index in [2.05, 4.69) is 13.0 Å². The molecule has 15 heteroatoms. The van der Waals surface area contributed by atoms with E-state index >= 15 is 0 Å². The molecule has 15 nitrogen and oxygen atoms in total. The van der Waals surface area contributed by atoms with Gasteiger partial charge in [-0.05, 0) is 69.8 Å². The van der Waals surface area contributed by atoms with Crippen molar-refractivity contribution in [2.45, 2.75) is 184 Å². The van der Waals surface area contributed by atoms with Crippen LogP contribution >= 0.6 is 0 Å². The standard InChI is InChI=1S/C41H62O15/c1-19-36(44)29(46-6)14-34(50-19)55-37-20(2)51-32(13-26(37)42)56-38-21(3)52-33(15-30(38)47-7)53-28-12-23-9-10-24-25(40(23,4)16-27(28)43)11-8-22-17-48-41(5)35(22)31(18-49-41)54-39(24)45/h9,17,19-21,24-38,42-44H,8,10-16,18H2,1-7H3/t19-,20-,21-,24+,25-,26-,27+,28+,29-,30-,31-,32+,33+,34+,35-,36-,37-,38-,40-,41+/m1/s1. The van der Waals surface area contributed by atoms with Crippen LogP contribution in [-0.4, -0.2) is 140 Å². The second-order valence-electron chi connectivity index (χ2n) is 17.7. The van der Waals surface area contributed by atoms with Crippen molar-refractivity contribution in [2.75, 3.05) is 20.8 Å². The molecule has 0 aromatic rings. The third kappa shape index (κ3) is 7.51. The number of hydrogen-bond donors (Lipinski definition) is 3. The van der Waals surface area contributed by atoms with Crippen LogP contribution in [0.2, 0.25) is 0 Å². The van der Waals surface area contributed by atoms with Crippen molar-refractivity contribution >= 4 is 5.97 Å². The van der Waals surface area contributed by atoms with Crippen molar-refractivity contribution in [3.05, 3.63) is 23.5 Å². The van der Waals surface area contributed by atoms with Gasteiger partial charge in [-0.2, -0.15) is 0 Å². The van der Waals surface area contributed by atoms with Crippen LogP contribution in [0.3, 0.4) is 0 Å². The molecule has 0 aromatic carbocycles. The van der Waals surface area contributed by atoms with E-state index < -0.39 is 97.2 Å². The fourth-order valence-electron chi connectivity index (χ4n) is 11.1. The molecule has 6 aliphatic heterocycles. The molecule has 0 amide bonds. The van der Waals surface area contributed by atoms with Gasteiger partial charge in [0.25, 0.3) is 0 Å². The van der Waals surface area contributed by atoms with Crippen molar-refractivity contribution in [1.29, 1.82) is 0 Å². The minimum Gasteiger partial charge on any atom is -0.469 e. The van der Waals surface area contributed by atoms with E-state index in [0.717, 1.165) is 18.4 Å². The zero-order chi connectivity index (χ0) is 39.7. The number of methoxy groups -OCH3 is 2. The molecule has 0 bridgehead atoms. The van der Waals surface area contributed by atoms with Crippen molar-refractivity contribution in [2.24, 2.45) is 23.2 Å². The third-order valence-electron chi connectivity index (χ3n) is 14.2. The van der Waals surface area contributed by atoms with E-state index in [1.165, 1.54) is 5.57 Å². The molecule has 0 radical (unpaired) electrons. The van der Waals surface area contributed by atoms with E-state index in [4.69, 9.17) is 52.1 Å². The second kappa shape index (κ2) is 16.0. The molecule has 0 unspecified atom stereocenters. The fraction of sp³-hybridized carbons (Fsp3) is 0.878. The fourth-order valence-corrected chi connectivity index (χ4v) is 11.1. The lowest BCUT2D eigenvalue weighted by molar-refractivity contribution is -0.338. The van der Waals surface area contributed by atoms with Crippen molar-refractivity contribution in [3.8, 4) is 0 Å². The molecular formula is C41H62O15. The molecule has 8 rings (SSSR count). The minimum atomic E-state index is -0.897. The molecule has 5 saturated heterocycles. The Kier molecular flexibility index (Phi) is 11.7. The van der Waals surface area contributed by atoms with Crippen molar-refractivity contribution in [1.82, 2.24) is 0 Å². The molecule has 0 aromatic heterocycles. The summed E-state index contributed by atoms with van der Waals surface area (Å²) in [6.45, 7) is 9.89. The van der Waals surface area contributed by atoms with E-state index in [1.54, 1.807) is 27.4 Å². The van der Waals surface area contributed by atoms with E-state index in [0.29, 0.717) is 38.7 Å². The average molecular weight is 795 g/mol. The summed E-state index contributed by atoms with van der Waals surface area (Å²) in [5, 5.41) is 33.2. The van der Waals surface area contributed by atoms with E-state index in [1.807, 2.05) is 20.8 Å². The SMILES string of the molecule is CO[C@@H]1C[C@H](O[C@H]2[C@H](O)C[C@H](O[C@@H]3[C@@H](C)O[C@@H](O[C@H]4CC5=CC[C@@H]6C(=O)O[C@@H]7CO[C@]8(C)OC=C(CC[C@H]6[C@]5(C)C[C@@H]4O)[C@H]78)C[C@H]3OC)O[C@@H]2C)O[C@H](C)[C@H]1O. The number of hydrogen-bond acceptors (Lipinski definition) is 15. The predicted octanol–water partition coefficient (Wildman–Crippen LogP) is 3.00. The summed E-state index contributed by atoms with van der Waals surface area (Å²) in [6.07, 6.45) is -0.916. The first-order chi connectivity index (χ1) is 26.7. The number of allylic oxidation sites excluding steroid dienone is 1. The van der Waals surface area contributed by atoms with Gasteiger partial charge in [-0.15, -0.1) is 0 Å². The Hall–Kier alpha value is -1.73. The topological polar surface area (TPSA) is 179 Å². The first-order valence-electron chi connectivity index (χ1n) is 20.6. The quantitative estimate of drug-likeness (QED) is 0.241. The Balaban J connectivity index is 0.868. The van der Waals surface area contributed by atoms with Gasteiger partial charge in [0.1, 0.15) is 24.4 Å². The zero-order valence-corrected chi connectivity index (χ0v) is 33.7. The smallest absolute Gasteiger partial charge is 0.309 e. The molecule has 20 atom stereocenters. The number of aliphatic hydroxyl groups excluding tert-OH is 3. The van der Waals surface area contributed by atoms with Gasteiger partial charge in [0, 0.05) is 40.4 Å². The maximum absolute atomic E-state index is 13.7. The maximum atomic E-state index is 13.7. The summed E-state index contributed by atoms with van der Waals surface area (Å²) >= 11 is 0. The van der Waals surface area contributed by atoms with Crippen molar-refractivity contribution < 1.29 is 72.2 Å². The Morgan fingerprint density at radius 2 is 1.46 bits per heavy atom. The normalized spacial score (nSPS) is 51.9. The Bertz CT molecular complexity index is 1480. The number of ether oxygens (including phenoxy) is 11. The summed E-state index contributed by atoms with van der Waals surface area (Å²) in [5.41, 5.74) is 1.92. The predicted molar refractivity (Wildman–Crippen MR) is 194 cm³/mol. The van der Waals surface area contributed by atoms with Gasteiger partial charge >= 0.3 is 5.97 Å². The van der Waals surface area contributed by atoms with Crippen molar-refractivity contribution in [3.63, 3.8) is 0 Å². The van der Waals surface area contributed by atoms with Crippen LogP contribution < -0.4 is 0 Å². The first kappa shape index (κ1) is 41.0. The van der Waals surface area contributed by atoms with Gasteiger partial charge in [0.2, 0.25) is 5.79 Å². The molecular weight excluding hydrogens is 732 g/mol. The number of carbonyl (C=O) groups is 1. The lowest BCUT2D eigenvalue weighted by atomic mass is 9.55. The van der Waals surface area contributed by atoms with Crippen LogP contribution in [-0.2, 0) is 56.9 Å². The Morgan fingerprint density at radius 1 is 0.804 bits per heavy atom. The van der Waals surface area contributed by atoms with Gasteiger partial charge in [-0.25, -0.2) is 0 Å². The van der Waals surface area contributed by atoms with Gasteiger partial charge in [-0.1, -0.05) is 18.6 Å². The van der Waals surface area contributed by atoms with Gasteiger partial charge in [0.15, 0.2) is 18.9 Å². The molecule has 8 aliphatic rings. The zero-order valence-electron chi connectivity index (χ0n) is 33.7. The number of fused-ring (bicyclic) bond motifs is 3. The molecule has 0 spiro atoms. The summed E-state index contributed by atoms with van der Waals surface area (Å²) in [7, 11) is 3.16. The van der Waals surface area contributed by atoms with Crippen LogP contribution in [0.15, 0.2) is 23.5 Å². The molecule has 2 aliphatic carbocycles. The Labute approximate surface area is 329 Å². The maximum Gasteiger partial charge on any atom is 0.309 e. The summed E-state index contributed by atoms with van der Waals surface area (Å²) in [6, 6.07) is 0. The highest BCUT2D eigenvalue weighted by atomic mass is 16.7. The molecule has 1 saturated carbocycles. The van der Waals surface area contributed by atoms with Crippen LogP contribution in [0.1, 0.15) is 86.0 Å². The number of carbonyl (C=O) groups excluding carboxylic acids is 1. The van der Waals surface area contributed by atoms with Gasteiger partial charge in [0.05, 0.1) is 73.5 Å². The summed E-state index contributed by atoms with van der Waals surface area (Å²) in [5.74, 6) is -1.40. The summed E-state index contributed by atoms with van der Waals surface area (Å²) in [4.78, 5) is 13.7. The highest BCUT2D eigenvalue weighted by molar-refractivity contribution is 5.74. The largest absolute Gasteiger partial charge is 0.469 e. The highest BCUT2D eigenvalue weighted by Crippen LogP contribution is 2.57. The molecule has 3 N–H and O–H groups in total. The minimum absolute atomic E-state index is 0.00811. The van der Waals surface area contributed by atoms with Crippen LogP contribution in [0.5, 0.6) is 0 Å². The first-order valence-corrected chi connectivity index (χ1v) is 20.6. The second-order valence-corrected chi connectivity index (χ2v) is 17.7. The molecule has 56 heavy (non-hydrogen) atoms. The lowest BCUT2D eigenvalue weighted by Crippen LogP contribution is -2.57. The number of aliphatic hydroxyl groups is 3. The van der Waals surface area contributed by atoms with E-state index in [9.17, 15) is 20.1 Å². The van der Waals surface area contributed by atoms with Crippen LogP contribution in [0.25, 0.3) is 0 Å². The molecule has 6 fully saturated rings. The summed E-state index contributed by atoms with van der Waals surface area (Å²) < 4.78 is 66.9. The Morgan fingerprint density at radius 3 is 2.20 bits per heavy atom.